The van der Waals surface area contributed by atoms with E-state index in [-0.39, 0.29) is 0 Å². The molecule has 0 aliphatic rings. The Morgan fingerprint density at radius 2 is 1.94 bits per heavy atom. The van der Waals surface area contributed by atoms with Gasteiger partial charge in [-0.05, 0) is 37.4 Å². The molecule has 0 radical (unpaired) electrons. The fourth-order valence-corrected chi connectivity index (χ4v) is 1.90. The van der Waals surface area contributed by atoms with E-state index in [9.17, 15) is 5.26 Å². The largest absolute Gasteiger partial charge is 0.285 e. The van der Waals surface area contributed by atoms with Gasteiger partial charge in [0.2, 0.25) is 0 Å². The van der Waals surface area contributed by atoms with Gasteiger partial charge in [0, 0.05) is 0 Å². The first-order chi connectivity index (χ1) is 7.67. The van der Waals surface area contributed by atoms with Gasteiger partial charge in [0.05, 0.1) is 6.07 Å². The first-order valence-corrected chi connectivity index (χ1v) is 6.31. The highest BCUT2D eigenvalue weighted by molar-refractivity contribution is 8.01. The molecule has 0 aliphatic heterocycles. The van der Waals surface area contributed by atoms with E-state index in [0.717, 1.165) is 5.56 Å². The summed E-state index contributed by atoms with van der Waals surface area (Å²) in [7, 11) is 3.84. The van der Waals surface area contributed by atoms with Crippen LogP contribution in [0.3, 0.4) is 0 Å². The Hall–Kier alpha value is -1.24. The number of likely N-dealkylation sites (N-methyl/N-ethyl adjacent to an activating group) is 1. The van der Waals surface area contributed by atoms with Crippen molar-refractivity contribution < 1.29 is 0 Å². The van der Waals surface area contributed by atoms with Gasteiger partial charge in [-0.1, -0.05) is 30.3 Å². The molecule has 1 atom stereocenters. The first kappa shape index (κ1) is 12.8. The highest BCUT2D eigenvalue weighted by atomic mass is 32.2. The monoisotopic (exact) mass is 232 g/mol. The van der Waals surface area contributed by atoms with Crippen LogP contribution in [-0.2, 0) is 5.54 Å². The number of benzene rings is 1. The molecular formula is C13H16N2S. The van der Waals surface area contributed by atoms with Gasteiger partial charge in [-0.15, -0.1) is 11.8 Å². The van der Waals surface area contributed by atoms with Crippen molar-refractivity contribution in [3.05, 3.63) is 47.4 Å². The van der Waals surface area contributed by atoms with Gasteiger partial charge in [0.1, 0.15) is 0 Å². The highest BCUT2D eigenvalue weighted by Crippen LogP contribution is 2.28. The molecule has 0 aromatic heterocycles. The van der Waals surface area contributed by atoms with E-state index in [1.54, 1.807) is 11.8 Å². The SMILES string of the molecule is CS/C=C/C(C#N)(c1ccccc1)N(C)C. The number of hydrogen-bond donors (Lipinski definition) is 0. The van der Waals surface area contributed by atoms with Crippen molar-refractivity contribution in [2.45, 2.75) is 5.54 Å². The molecule has 0 fully saturated rings. The van der Waals surface area contributed by atoms with Crippen molar-refractivity contribution in [3.63, 3.8) is 0 Å². The Bertz CT molecular complexity index is 392. The molecule has 0 amide bonds. The molecule has 0 heterocycles. The average Bonchev–Trinajstić information content (AvgIpc) is 2.31. The molecule has 0 N–H and O–H groups in total. The average molecular weight is 232 g/mol. The minimum Gasteiger partial charge on any atom is -0.285 e. The second-order valence-corrected chi connectivity index (χ2v) is 4.42. The van der Waals surface area contributed by atoms with Crippen LogP contribution in [0.15, 0.2) is 41.8 Å². The molecule has 0 saturated heterocycles. The van der Waals surface area contributed by atoms with Crippen molar-refractivity contribution >= 4 is 11.8 Å². The summed E-state index contributed by atoms with van der Waals surface area (Å²) in [5.41, 5.74) is 0.317. The number of thioether (sulfide) groups is 1. The van der Waals surface area contributed by atoms with Crippen molar-refractivity contribution in [3.8, 4) is 6.07 Å². The lowest BCUT2D eigenvalue weighted by Gasteiger charge is -2.30. The summed E-state index contributed by atoms with van der Waals surface area (Å²) in [6.07, 6.45) is 3.92. The second-order valence-electron chi connectivity index (χ2n) is 3.68. The van der Waals surface area contributed by atoms with E-state index in [1.807, 2.05) is 67.1 Å². The number of nitriles is 1. The zero-order valence-electron chi connectivity index (χ0n) is 9.84. The van der Waals surface area contributed by atoms with Gasteiger partial charge in [0.15, 0.2) is 5.54 Å². The predicted molar refractivity (Wildman–Crippen MR) is 70.1 cm³/mol. The van der Waals surface area contributed by atoms with Crippen LogP contribution in [0.2, 0.25) is 0 Å². The molecule has 1 rings (SSSR count). The topological polar surface area (TPSA) is 27.0 Å². The van der Waals surface area contributed by atoms with Crippen LogP contribution in [0, 0.1) is 11.3 Å². The molecule has 1 unspecified atom stereocenters. The molecule has 0 spiro atoms. The van der Waals surface area contributed by atoms with Crippen molar-refractivity contribution in [1.82, 2.24) is 4.90 Å². The smallest absolute Gasteiger partial charge is 0.153 e. The molecule has 16 heavy (non-hydrogen) atoms. The molecule has 0 bridgehead atoms. The number of hydrogen-bond acceptors (Lipinski definition) is 3. The molecule has 2 nitrogen and oxygen atoms in total. The third kappa shape index (κ3) is 2.46. The predicted octanol–water partition coefficient (Wildman–Crippen LogP) is 2.84. The maximum absolute atomic E-state index is 9.47. The minimum atomic E-state index is -0.676. The molecule has 84 valence electrons. The van der Waals surface area contributed by atoms with E-state index in [4.69, 9.17) is 0 Å². The first-order valence-electron chi connectivity index (χ1n) is 5.02. The van der Waals surface area contributed by atoms with Crippen LogP contribution in [0.25, 0.3) is 0 Å². The Labute approximate surface area is 102 Å². The normalized spacial score (nSPS) is 14.9. The van der Waals surface area contributed by atoms with E-state index >= 15 is 0 Å². The van der Waals surface area contributed by atoms with Crippen LogP contribution >= 0.6 is 11.8 Å². The van der Waals surface area contributed by atoms with Gasteiger partial charge in [-0.25, -0.2) is 0 Å². The van der Waals surface area contributed by atoms with Crippen LogP contribution in [0.1, 0.15) is 5.56 Å². The summed E-state index contributed by atoms with van der Waals surface area (Å²) in [4.78, 5) is 1.93. The van der Waals surface area contributed by atoms with Gasteiger partial charge in [0.25, 0.3) is 0 Å². The second kappa shape index (κ2) is 5.74. The van der Waals surface area contributed by atoms with Crippen LogP contribution in [0.4, 0.5) is 0 Å². The fraction of sp³-hybridized carbons (Fsp3) is 0.308. The summed E-state index contributed by atoms with van der Waals surface area (Å²) >= 11 is 1.60. The zero-order valence-corrected chi connectivity index (χ0v) is 10.7. The van der Waals surface area contributed by atoms with Crippen molar-refractivity contribution in [1.29, 1.82) is 5.26 Å². The third-order valence-electron chi connectivity index (χ3n) is 2.54. The fourth-order valence-electron chi connectivity index (χ4n) is 1.56. The lowest BCUT2D eigenvalue weighted by atomic mass is 9.90. The standard InChI is InChI=1S/C13H16N2S/c1-15(2)13(11-14,9-10-16-3)12-7-5-4-6-8-12/h4-10H,1-3H3/b10-9+. The lowest BCUT2D eigenvalue weighted by molar-refractivity contribution is 0.275. The summed E-state index contributed by atoms with van der Waals surface area (Å²) in [6.45, 7) is 0. The summed E-state index contributed by atoms with van der Waals surface area (Å²) in [5, 5.41) is 11.4. The van der Waals surface area contributed by atoms with Gasteiger partial charge in [-0.3, -0.25) is 4.90 Å². The number of rotatable bonds is 4. The number of nitrogens with zero attached hydrogens (tertiary/aromatic N) is 2. The summed E-state index contributed by atoms with van der Waals surface area (Å²) in [6, 6.07) is 12.2. The van der Waals surface area contributed by atoms with Crippen LogP contribution < -0.4 is 0 Å². The van der Waals surface area contributed by atoms with Crippen molar-refractivity contribution in [2.24, 2.45) is 0 Å². The maximum atomic E-state index is 9.47. The van der Waals surface area contributed by atoms with Crippen LogP contribution in [0.5, 0.6) is 0 Å². The highest BCUT2D eigenvalue weighted by Gasteiger charge is 2.31. The Balaban J connectivity index is 3.25. The molecule has 1 aromatic rings. The summed E-state index contributed by atoms with van der Waals surface area (Å²) in [5.74, 6) is 0. The Morgan fingerprint density at radius 3 is 2.38 bits per heavy atom. The molecule has 1 aromatic carbocycles. The lowest BCUT2D eigenvalue weighted by Crippen LogP contribution is -2.38. The maximum Gasteiger partial charge on any atom is 0.153 e. The van der Waals surface area contributed by atoms with E-state index in [2.05, 4.69) is 6.07 Å². The van der Waals surface area contributed by atoms with E-state index in [1.165, 1.54) is 0 Å². The van der Waals surface area contributed by atoms with Gasteiger partial charge >= 0.3 is 0 Å². The Morgan fingerprint density at radius 1 is 1.31 bits per heavy atom. The van der Waals surface area contributed by atoms with E-state index in [0.29, 0.717) is 0 Å². The molecular weight excluding hydrogens is 216 g/mol. The molecule has 0 aliphatic carbocycles. The quantitative estimate of drug-likeness (QED) is 0.798. The van der Waals surface area contributed by atoms with Crippen molar-refractivity contribution in [2.75, 3.05) is 20.4 Å². The van der Waals surface area contributed by atoms with Gasteiger partial charge < -0.3 is 0 Å². The summed E-state index contributed by atoms with van der Waals surface area (Å²) < 4.78 is 0. The molecule has 3 heteroatoms. The van der Waals surface area contributed by atoms with Crippen LogP contribution in [-0.4, -0.2) is 25.3 Å². The zero-order chi connectivity index (χ0) is 12.0. The Kier molecular flexibility index (Phi) is 4.60. The molecule has 0 saturated carbocycles. The van der Waals surface area contributed by atoms with E-state index < -0.39 is 5.54 Å². The van der Waals surface area contributed by atoms with Gasteiger partial charge in [-0.2, -0.15) is 5.26 Å². The third-order valence-corrected chi connectivity index (χ3v) is 2.94. The minimum absolute atomic E-state index is 0.676.